The normalized spacial score (nSPS) is 17.5. The Bertz CT molecular complexity index is 225. The molecule has 4 heteroatoms. The van der Waals surface area contributed by atoms with E-state index in [1.807, 2.05) is 4.90 Å². The molecule has 1 aliphatic rings. The van der Waals surface area contributed by atoms with Gasteiger partial charge in [-0.15, -0.1) is 0 Å². The van der Waals surface area contributed by atoms with Gasteiger partial charge >= 0.3 is 0 Å². The summed E-state index contributed by atoms with van der Waals surface area (Å²) in [5, 5.41) is 0. The minimum atomic E-state index is 0.353. The third-order valence-corrected chi connectivity index (χ3v) is 3.34. The second-order valence-electron chi connectivity index (χ2n) is 5.38. The molecule has 1 radical (unpaired) electrons. The first kappa shape index (κ1) is 14.6. The zero-order valence-corrected chi connectivity index (χ0v) is 11.6. The smallest absolute Gasteiger partial charge is 0.222 e. The molecule has 0 aromatic rings. The number of carbonyl (C=O) groups excluding carboxylic acids is 1. The Morgan fingerprint density at radius 1 is 1.24 bits per heavy atom. The number of hydrogen-bond donors (Lipinski definition) is 0. The highest BCUT2D eigenvalue weighted by Gasteiger charge is 2.19. The SMILES string of the molecule is C[B]CN1CCN(C(=O)CCCC(C)C)CC1. The molecule has 17 heavy (non-hydrogen) atoms. The minimum Gasteiger partial charge on any atom is -0.340 e. The maximum Gasteiger partial charge on any atom is 0.222 e. The zero-order chi connectivity index (χ0) is 12.7. The van der Waals surface area contributed by atoms with E-state index in [-0.39, 0.29) is 0 Å². The molecule has 0 aromatic heterocycles. The van der Waals surface area contributed by atoms with Crippen LogP contribution in [0.3, 0.4) is 0 Å². The van der Waals surface area contributed by atoms with E-state index in [1.165, 1.54) is 0 Å². The standard InChI is InChI=1S/C13H26BN2O/c1-12(2)5-4-6-13(17)16-9-7-15(8-10-16)11-14-3/h12H,4-11H2,1-3H3. The molecule has 97 valence electrons. The average Bonchev–Trinajstić information content (AvgIpc) is 2.30. The molecule has 0 saturated carbocycles. The van der Waals surface area contributed by atoms with Crippen molar-refractivity contribution in [3.05, 3.63) is 0 Å². The number of hydrogen-bond acceptors (Lipinski definition) is 2. The van der Waals surface area contributed by atoms with Gasteiger partial charge in [0.15, 0.2) is 0 Å². The van der Waals surface area contributed by atoms with Crippen molar-refractivity contribution in [1.29, 1.82) is 0 Å². The summed E-state index contributed by atoms with van der Waals surface area (Å²) < 4.78 is 0. The molecule has 0 spiro atoms. The summed E-state index contributed by atoms with van der Waals surface area (Å²) in [6.45, 7) is 10.4. The summed E-state index contributed by atoms with van der Waals surface area (Å²) in [4.78, 5) is 16.4. The van der Waals surface area contributed by atoms with Gasteiger partial charge in [0.1, 0.15) is 7.28 Å². The molecule has 1 rings (SSSR count). The molecule has 3 nitrogen and oxygen atoms in total. The largest absolute Gasteiger partial charge is 0.340 e. The molecule has 0 aliphatic carbocycles. The van der Waals surface area contributed by atoms with Crippen LogP contribution in [0, 0.1) is 5.92 Å². The maximum absolute atomic E-state index is 11.9. The van der Waals surface area contributed by atoms with Crippen molar-refractivity contribution in [2.24, 2.45) is 5.92 Å². The van der Waals surface area contributed by atoms with Gasteiger partial charge in [-0.3, -0.25) is 4.79 Å². The highest BCUT2D eigenvalue weighted by atomic mass is 16.2. The summed E-state index contributed by atoms with van der Waals surface area (Å²) >= 11 is 0. The number of rotatable bonds is 6. The molecule has 1 amide bonds. The molecule has 0 atom stereocenters. The summed E-state index contributed by atoms with van der Waals surface area (Å²) in [7, 11) is 2.18. The van der Waals surface area contributed by atoms with Crippen LogP contribution in [0.5, 0.6) is 0 Å². The zero-order valence-electron chi connectivity index (χ0n) is 11.6. The van der Waals surface area contributed by atoms with Gasteiger partial charge in [0, 0.05) is 32.6 Å². The van der Waals surface area contributed by atoms with Crippen molar-refractivity contribution in [3.63, 3.8) is 0 Å². The lowest BCUT2D eigenvalue weighted by atomic mass is 9.82. The van der Waals surface area contributed by atoms with Crippen LogP contribution in [0.25, 0.3) is 0 Å². The van der Waals surface area contributed by atoms with E-state index in [0.717, 1.165) is 51.9 Å². The summed E-state index contributed by atoms with van der Waals surface area (Å²) in [6.07, 6.45) is 3.99. The van der Waals surface area contributed by atoms with Crippen molar-refractivity contribution < 1.29 is 4.79 Å². The first-order valence-electron chi connectivity index (χ1n) is 6.91. The van der Waals surface area contributed by atoms with Crippen molar-refractivity contribution in [3.8, 4) is 0 Å². The fraction of sp³-hybridized carbons (Fsp3) is 0.923. The second-order valence-corrected chi connectivity index (χ2v) is 5.38. The quantitative estimate of drug-likeness (QED) is 0.656. The summed E-state index contributed by atoms with van der Waals surface area (Å²) in [5.74, 6) is 1.06. The fourth-order valence-electron chi connectivity index (χ4n) is 2.26. The van der Waals surface area contributed by atoms with Gasteiger partial charge in [0.2, 0.25) is 5.91 Å². The van der Waals surface area contributed by atoms with Gasteiger partial charge in [-0.1, -0.05) is 27.1 Å². The predicted octanol–water partition coefficient (Wildman–Crippen LogP) is 1.67. The van der Waals surface area contributed by atoms with Gasteiger partial charge in [0.05, 0.1) is 0 Å². The molecule has 0 aromatic carbocycles. The summed E-state index contributed by atoms with van der Waals surface area (Å²) in [5.41, 5.74) is 0. The Morgan fingerprint density at radius 2 is 1.88 bits per heavy atom. The van der Waals surface area contributed by atoms with Crippen LogP contribution in [0.1, 0.15) is 33.1 Å². The number of piperazine rings is 1. The number of carbonyl (C=O) groups is 1. The van der Waals surface area contributed by atoms with E-state index in [1.54, 1.807) is 0 Å². The molecular formula is C13H26BN2O. The number of nitrogens with zero attached hydrogens (tertiary/aromatic N) is 2. The predicted molar refractivity (Wildman–Crippen MR) is 73.3 cm³/mol. The molecule has 1 aliphatic heterocycles. The molecule has 1 heterocycles. The van der Waals surface area contributed by atoms with Crippen LogP contribution < -0.4 is 0 Å². The Balaban J connectivity index is 2.17. The van der Waals surface area contributed by atoms with Gasteiger partial charge in [-0.2, -0.15) is 0 Å². The molecular weight excluding hydrogens is 211 g/mol. The van der Waals surface area contributed by atoms with Crippen LogP contribution in [0.15, 0.2) is 0 Å². The highest BCUT2D eigenvalue weighted by Crippen LogP contribution is 2.09. The van der Waals surface area contributed by atoms with E-state index in [0.29, 0.717) is 11.8 Å². The lowest BCUT2D eigenvalue weighted by Crippen LogP contribution is -2.49. The Labute approximate surface area is 107 Å². The Morgan fingerprint density at radius 3 is 2.41 bits per heavy atom. The van der Waals surface area contributed by atoms with Crippen LogP contribution in [-0.2, 0) is 4.79 Å². The van der Waals surface area contributed by atoms with Gasteiger partial charge in [0.25, 0.3) is 0 Å². The van der Waals surface area contributed by atoms with Gasteiger partial charge in [-0.25, -0.2) is 0 Å². The number of amides is 1. The van der Waals surface area contributed by atoms with Crippen LogP contribution in [-0.4, -0.2) is 55.6 Å². The van der Waals surface area contributed by atoms with E-state index >= 15 is 0 Å². The van der Waals surface area contributed by atoms with Crippen LogP contribution >= 0.6 is 0 Å². The molecule has 0 unspecified atom stereocenters. The Hall–Kier alpha value is -0.505. The topological polar surface area (TPSA) is 23.6 Å². The van der Waals surface area contributed by atoms with E-state index in [2.05, 4.69) is 32.8 Å². The van der Waals surface area contributed by atoms with E-state index < -0.39 is 0 Å². The maximum atomic E-state index is 11.9. The fourth-order valence-corrected chi connectivity index (χ4v) is 2.26. The van der Waals surface area contributed by atoms with Crippen molar-refractivity contribution in [1.82, 2.24) is 9.80 Å². The summed E-state index contributed by atoms with van der Waals surface area (Å²) in [6, 6.07) is 0. The average molecular weight is 237 g/mol. The van der Waals surface area contributed by atoms with E-state index in [4.69, 9.17) is 0 Å². The second kappa shape index (κ2) is 7.75. The monoisotopic (exact) mass is 237 g/mol. The molecule has 0 bridgehead atoms. The van der Waals surface area contributed by atoms with Crippen LogP contribution in [0.4, 0.5) is 0 Å². The van der Waals surface area contributed by atoms with Crippen molar-refractivity contribution in [2.45, 2.75) is 39.9 Å². The minimum absolute atomic E-state index is 0.353. The van der Waals surface area contributed by atoms with Crippen LogP contribution in [0.2, 0.25) is 6.82 Å². The third kappa shape index (κ3) is 5.58. The third-order valence-electron chi connectivity index (χ3n) is 3.34. The lowest BCUT2D eigenvalue weighted by Gasteiger charge is -2.34. The van der Waals surface area contributed by atoms with Gasteiger partial charge < -0.3 is 9.80 Å². The molecule has 1 fully saturated rings. The highest BCUT2D eigenvalue weighted by molar-refractivity contribution is 6.33. The molecule has 0 N–H and O–H groups in total. The first-order valence-corrected chi connectivity index (χ1v) is 6.91. The Kier molecular flexibility index (Phi) is 6.64. The lowest BCUT2D eigenvalue weighted by molar-refractivity contribution is -0.132. The first-order chi connectivity index (χ1) is 8.13. The van der Waals surface area contributed by atoms with Crippen molar-refractivity contribution in [2.75, 3.05) is 32.6 Å². The van der Waals surface area contributed by atoms with Gasteiger partial charge in [-0.05, 0) is 18.8 Å². The van der Waals surface area contributed by atoms with Crippen molar-refractivity contribution >= 4 is 13.2 Å². The molecule has 1 saturated heterocycles. The van der Waals surface area contributed by atoms with E-state index in [9.17, 15) is 4.79 Å².